The van der Waals surface area contributed by atoms with Gasteiger partial charge in [-0.25, -0.2) is 0 Å². The molecule has 1 N–H and O–H groups in total. The normalized spacial score (nSPS) is 9.82. The van der Waals surface area contributed by atoms with Gasteiger partial charge in [0.05, 0.1) is 19.4 Å². The first kappa shape index (κ1) is 13.7. The van der Waals surface area contributed by atoms with Crippen molar-refractivity contribution >= 4 is 23.0 Å². The summed E-state index contributed by atoms with van der Waals surface area (Å²) in [6, 6.07) is 7.67. The Morgan fingerprint density at radius 2 is 2.06 bits per heavy atom. The molecule has 0 fully saturated rings. The van der Waals surface area contributed by atoms with Gasteiger partial charge in [-0.15, -0.1) is 0 Å². The Morgan fingerprint density at radius 1 is 1.35 bits per heavy atom. The Morgan fingerprint density at radius 3 is 2.71 bits per heavy atom. The van der Waals surface area contributed by atoms with Crippen molar-refractivity contribution in [2.24, 2.45) is 0 Å². The van der Waals surface area contributed by atoms with Crippen LogP contribution in [0, 0.1) is 0 Å². The Labute approximate surface area is 108 Å². The summed E-state index contributed by atoms with van der Waals surface area (Å²) in [4.78, 5) is 1.92. The number of nitrogens with one attached hydrogen (secondary N) is 1. The monoisotopic (exact) mass is 254 g/mol. The number of benzene rings is 1. The predicted molar refractivity (Wildman–Crippen MR) is 73.7 cm³/mol. The fraction of sp³-hybridized carbons (Fsp3) is 0.417. The van der Waals surface area contributed by atoms with Crippen LogP contribution in [0.25, 0.3) is 0 Å². The summed E-state index contributed by atoms with van der Waals surface area (Å²) in [7, 11) is 5.23. The van der Waals surface area contributed by atoms with Gasteiger partial charge in [0.1, 0.15) is 5.75 Å². The number of para-hydroxylation sites is 2. The SMILES string of the molecule is COCCN(C)C(=S)Nc1ccccc1OC. The van der Waals surface area contributed by atoms with E-state index in [-0.39, 0.29) is 0 Å². The largest absolute Gasteiger partial charge is 0.495 e. The molecule has 0 atom stereocenters. The molecule has 1 aromatic rings. The zero-order valence-electron chi connectivity index (χ0n) is 10.4. The Balaban J connectivity index is 2.61. The van der Waals surface area contributed by atoms with E-state index in [1.807, 2.05) is 36.2 Å². The average Bonchev–Trinajstić information content (AvgIpc) is 2.36. The van der Waals surface area contributed by atoms with Crippen LogP contribution in [0.15, 0.2) is 24.3 Å². The van der Waals surface area contributed by atoms with E-state index in [1.54, 1.807) is 14.2 Å². The summed E-state index contributed by atoms with van der Waals surface area (Å²) in [5.74, 6) is 0.773. The standard InChI is InChI=1S/C12H18N2O2S/c1-14(8-9-15-2)12(17)13-10-6-4-5-7-11(10)16-3/h4-7H,8-9H2,1-3H3,(H,13,17). The molecule has 0 radical (unpaired) electrons. The van der Waals surface area contributed by atoms with Gasteiger partial charge in [-0.3, -0.25) is 0 Å². The maximum atomic E-state index is 5.28. The molecule has 0 amide bonds. The van der Waals surface area contributed by atoms with Gasteiger partial charge in [0.2, 0.25) is 0 Å². The van der Waals surface area contributed by atoms with E-state index in [0.717, 1.165) is 18.0 Å². The van der Waals surface area contributed by atoms with E-state index in [2.05, 4.69) is 5.32 Å². The van der Waals surface area contributed by atoms with Gasteiger partial charge >= 0.3 is 0 Å². The molecule has 0 saturated carbocycles. The molecule has 4 nitrogen and oxygen atoms in total. The third-order valence-corrected chi connectivity index (χ3v) is 2.74. The van der Waals surface area contributed by atoms with Crippen LogP contribution in [0.1, 0.15) is 0 Å². The highest BCUT2D eigenvalue weighted by molar-refractivity contribution is 7.80. The highest BCUT2D eigenvalue weighted by atomic mass is 32.1. The number of anilines is 1. The molecule has 17 heavy (non-hydrogen) atoms. The van der Waals surface area contributed by atoms with Gasteiger partial charge < -0.3 is 19.7 Å². The summed E-state index contributed by atoms with van der Waals surface area (Å²) in [6.07, 6.45) is 0. The highest BCUT2D eigenvalue weighted by Crippen LogP contribution is 2.23. The lowest BCUT2D eigenvalue weighted by molar-refractivity contribution is 0.183. The van der Waals surface area contributed by atoms with E-state index < -0.39 is 0 Å². The fourth-order valence-electron chi connectivity index (χ4n) is 1.29. The van der Waals surface area contributed by atoms with Crippen LogP contribution in [0.3, 0.4) is 0 Å². The van der Waals surface area contributed by atoms with Crippen molar-refractivity contribution in [3.8, 4) is 5.75 Å². The lowest BCUT2D eigenvalue weighted by atomic mass is 10.3. The molecular weight excluding hydrogens is 236 g/mol. The van der Waals surface area contributed by atoms with Crippen molar-refractivity contribution in [3.05, 3.63) is 24.3 Å². The molecule has 0 aliphatic carbocycles. The van der Waals surface area contributed by atoms with Crippen LogP contribution in [0.2, 0.25) is 0 Å². The summed E-state index contributed by atoms with van der Waals surface area (Å²) < 4.78 is 10.2. The smallest absolute Gasteiger partial charge is 0.173 e. The second-order valence-corrected chi connectivity index (χ2v) is 3.93. The van der Waals surface area contributed by atoms with E-state index in [9.17, 15) is 0 Å². The summed E-state index contributed by atoms with van der Waals surface area (Å²) in [5.41, 5.74) is 0.865. The Bertz CT molecular complexity index is 371. The Hall–Kier alpha value is -1.33. The number of hydrogen-bond donors (Lipinski definition) is 1. The minimum absolute atomic E-state index is 0.643. The summed E-state index contributed by atoms with van der Waals surface area (Å²) in [6.45, 7) is 1.39. The molecule has 94 valence electrons. The van der Waals surface area contributed by atoms with Crippen molar-refractivity contribution in [2.75, 3.05) is 39.7 Å². The predicted octanol–water partition coefficient (Wildman–Crippen LogP) is 1.97. The highest BCUT2D eigenvalue weighted by Gasteiger charge is 2.07. The van der Waals surface area contributed by atoms with Crippen LogP contribution in [-0.4, -0.2) is 44.4 Å². The van der Waals surface area contributed by atoms with Crippen molar-refractivity contribution in [2.45, 2.75) is 0 Å². The Kier molecular flexibility index (Phi) is 5.72. The third-order valence-electron chi connectivity index (χ3n) is 2.33. The molecule has 0 aromatic heterocycles. The second kappa shape index (κ2) is 7.09. The maximum absolute atomic E-state index is 5.28. The zero-order chi connectivity index (χ0) is 12.7. The first-order valence-electron chi connectivity index (χ1n) is 5.33. The lowest BCUT2D eigenvalue weighted by Crippen LogP contribution is -2.33. The van der Waals surface area contributed by atoms with E-state index in [4.69, 9.17) is 21.7 Å². The van der Waals surface area contributed by atoms with E-state index in [0.29, 0.717) is 11.7 Å². The van der Waals surface area contributed by atoms with E-state index in [1.165, 1.54) is 0 Å². The molecule has 0 aliphatic rings. The van der Waals surface area contributed by atoms with Crippen LogP contribution in [-0.2, 0) is 4.74 Å². The molecule has 0 spiro atoms. The number of likely N-dealkylation sites (N-methyl/N-ethyl adjacent to an activating group) is 1. The molecular formula is C12H18N2O2S. The van der Waals surface area contributed by atoms with Gasteiger partial charge in [-0.2, -0.15) is 0 Å². The van der Waals surface area contributed by atoms with Crippen molar-refractivity contribution < 1.29 is 9.47 Å². The fourth-order valence-corrected chi connectivity index (χ4v) is 1.49. The minimum Gasteiger partial charge on any atom is -0.495 e. The van der Waals surface area contributed by atoms with Gasteiger partial charge in [-0.05, 0) is 24.4 Å². The molecule has 1 aromatic carbocycles. The molecule has 5 heteroatoms. The molecule has 1 rings (SSSR count). The average molecular weight is 254 g/mol. The quantitative estimate of drug-likeness (QED) is 0.813. The molecule has 0 saturated heterocycles. The number of thiocarbonyl (C=S) groups is 1. The van der Waals surface area contributed by atoms with Gasteiger partial charge in [0, 0.05) is 20.7 Å². The van der Waals surface area contributed by atoms with Crippen LogP contribution < -0.4 is 10.1 Å². The topological polar surface area (TPSA) is 33.7 Å². The summed E-state index contributed by atoms with van der Waals surface area (Å²) in [5, 5.41) is 3.79. The molecule has 0 heterocycles. The van der Waals surface area contributed by atoms with Crippen LogP contribution in [0.4, 0.5) is 5.69 Å². The van der Waals surface area contributed by atoms with Crippen LogP contribution in [0.5, 0.6) is 5.75 Å². The second-order valence-electron chi connectivity index (χ2n) is 3.54. The van der Waals surface area contributed by atoms with Crippen molar-refractivity contribution in [1.29, 1.82) is 0 Å². The molecule has 0 aliphatic heterocycles. The lowest BCUT2D eigenvalue weighted by Gasteiger charge is -2.21. The number of nitrogens with zero attached hydrogens (tertiary/aromatic N) is 1. The van der Waals surface area contributed by atoms with Gasteiger partial charge in [-0.1, -0.05) is 12.1 Å². The first-order valence-corrected chi connectivity index (χ1v) is 5.74. The third kappa shape index (κ3) is 4.20. The maximum Gasteiger partial charge on any atom is 0.173 e. The number of hydrogen-bond acceptors (Lipinski definition) is 3. The summed E-state index contributed by atoms with van der Waals surface area (Å²) >= 11 is 5.28. The number of rotatable bonds is 5. The van der Waals surface area contributed by atoms with Gasteiger partial charge in [0.15, 0.2) is 5.11 Å². The van der Waals surface area contributed by atoms with Crippen molar-refractivity contribution in [3.63, 3.8) is 0 Å². The molecule has 0 unspecified atom stereocenters. The molecule has 0 bridgehead atoms. The van der Waals surface area contributed by atoms with Gasteiger partial charge in [0.25, 0.3) is 0 Å². The zero-order valence-corrected chi connectivity index (χ0v) is 11.2. The van der Waals surface area contributed by atoms with Crippen LogP contribution >= 0.6 is 12.2 Å². The number of ether oxygens (including phenoxy) is 2. The number of methoxy groups -OCH3 is 2. The van der Waals surface area contributed by atoms with E-state index >= 15 is 0 Å². The minimum atomic E-state index is 0.643. The first-order chi connectivity index (χ1) is 8.19. The van der Waals surface area contributed by atoms with Crippen molar-refractivity contribution in [1.82, 2.24) is 4.90 Å².